The molecule has 2 N–H and O–H groups in total. The molecule has 4 rings (SSSR count). The first-order chi connectivity index (χ1) is 13.1. The molecule has 0 aliphatic heterocycles. The van der Waals surface area contributed by atoms with Crippen LogP contribution in [0.3, 0.4) is 0 Å². The quantitative estimate of drug-likeness (QED) is 0.786. The van der Waals surface area contributed by atoms with E-state index in [9.17, 15) is 14.3 Å². The Balaban J connectivity index is 1.35. The summed E-state index contributed by atoms with van der Waals surface area (Å²) in [5.41, 5.74) is 1.57. The van der Waals surface area contributed by atoms with Crippen LogP contribution in [-0.2, 0) is 4.79 Å². The molecule has 1 aromatic carbocycles. The lowest BCUT2D eigenvalue weighted by molar-refractivity contribution is -0.123. The number of ether oxygens (including phenoxy) is 1. The van der Waals surface area contributed by atoms with Crippen molar-refractivity contribution in [2.45, 2.75) is 43.7 Å². The molecule has 0 spiro atoms. The molecule has 6 heteroatoms. The number of carbonyl (C=O) groups is 1. The van der Waals surface area contributed by atoms with E-state index < -0.39 is 6.04 Å². The van der Waals surface area contributed by atoms with Crippen molar-refractivity contribution in [1.82, 2.24) is 10.3 Å². The number of halogens is 1. The number of aromatic nitrogens is 1. The monoisotopic (exact) mass is 370 g/mol. The van der Waals surface area contributed by atoms with Gasteiger partial charge in [0.1, 0.15) is 11.9 Å². The second-order valence-electron chi connectivity index (χ2n) is 7.35. The van der Waals surface area contributed by atoms with Crippen molar-refractivity contribution >= 4 is 5.91 Å². The molecule has 1 amide bonds. The standard InChI is InChI=1S/C21H23FN2O3/c22-15-4-1-3-13(9-15)17-10-18(17)21(26)24-19(12-25)14-7-8-20(23-11-14)27-16-5-2-6-16/h1,3-4,7-9,11,16-19,25H,2,5-6,10,12H2,(H,24,26)/t17-,18+,19+/m1/s1. The molecule has 2 fully saturated rings. The van der Waals surface area contributed by atoms with Crippen molar-refractivity contribution in [3.63, 3.8) is 0 Å². The molecule has 0 radical (unpaired) electrons. The SMILES string of the molecule is O=C(N[C@@H](CO)c1ccc(OC2CCC2)nc1)[C@H]1C[C@@H]1c1cccc(F)c1. The Morgan fingerprint density at radius 3 is 2.81 bits per heavy atom. The van der Waals surface area contributed by atoms with E-state index in [2.05, 4.69) is 10.3 Å². The molecular formula is C21H23FN2O3. The predicted octanol–water partition coefficient (Wildman–Crippen LogP) is 3.11. The zero-order valence-electron chi connectivity index (χ0n) is 15.0. The van der Waals surface area contributed by atoms with Gasteiger partial charge in [-0.1, -0.05) is 12.1 Å². The number of aliphatic hydroxyl groups excluding tert-OH is 1. The topological polar surface area (TPSA) is 71.5 Å². The maximum absolute atomic E-state index is 13.4. The maximum atomic E-state index is 13.4. The smallest absolute Gasteiger partial charge is 0.224 e. The summed E-state index contributed by atoms with van der Waals surface area (Å²) < 4.78 is 19.1. The van der Waals surface area contributed by atoms with Gasteiger partial charge in [-0.15, -0.1) is 0 Å². The normalized spacial score (nSPS) is 22.6. The number of benzene rings is 1. The summed E-state index contributed by atoms with van der Waals surface area (Å²) in [5.74, 6) is 0.00598. The van der Waals surface area contributed by atoms with Gasteiger partial charge in [0.05, 0.1) is 12.6 Å². The lowest BCUT2D eigenvalue weighted by Gasteiger charge is -2.25. The van der Waals surface area contributed by atoms with Gasteiger partial charge in [-0.3, -0.25) is 4.79 Å². The summed E-state index contributed by atoms with van der Waals surface area (Å²) in [6.45, 7) is -0.215. The molecule has 2 aliphatic rings. The molecule has 1 heterocycles. The number of carbonyl (C=O) groups excluding carboxylic acids is 1. The van der Waals surface area contributed by atoms with Crippen LogP contribution in [0.1, 0.15) is 48.8 Å². The molecule has 0 saturated heterocycles. The third kappa shape index (κ3) is 4.11. The van der Waals surface area contributed by atoms with Gasteiger partial charge in [0, 0.05) is 18.2 Å². The minimum atomic E-state index is -0.517. The van der Waals surface area contributed by atoms with Crippen molar-refractivity contribution in [3.05, 3.63) is 59.5 Å². The zero-order valence-corrected chi connectivity index (χ0v) is 15.0. The molecule has 5 nitrogen and oxygen atoms in total. The van der Waals surface area contributed by atoms with Crippen LogP contribution in [-0.4, -0.2) is 28.7 Å². The first-order valence-corrected chi connectivity index (χ1v) is 9.43. The Bertz CT molecular complexity index is 807. The Morgan fingerprint density at radius 2 is 2.19 bits per heavy atom. The highest BCUT2D eigenvalue weighted by atomic mass is 19.1. The summed E-state index contributed by atoms with van der Waals surface area (Å²) in [4.78, 5) is 16.8. The Labute approximate surface area is 157 Å². The summed E-state index contributed by atoms with van der Waals surface area (Å²) in [6, 6.07) is 9.45. The molecule has 2 aliphatic carbocycles. The maximum Gasteiger partial charge on any atom is 0.224 e. The number of aliphatic hydroxyl groups is 1. The van der Waals surface area contributed by atoms with Crippen molar-refractivity contribution in [2.24, 2.45) is 5.92 Å². The van der Waals surface area contributed by atoms with Gasteiger partial charge in [-0.2, -0.15) is 0 Å². The molecule has 1 aromatic heterocycles. The van der Waals surface area contributed by atoms with Crippen molar-refractivity contribution in [3.8, 4) is 5.88 Å². The van der Waals surface area contributed by atoms with Crippen LogP contribution >= 0.6 is 0 Å². The van der Waals surface area contributed by atoms with Gasteiger partial charge in [0.15, 0.2) is 0 Å². The van der Waals surface area contributed by atoms with E-state index in [4.69, 9.17) is 4.74 Å². The lowest BCUT2D eigenvalue weighted by Crippen LogP contribution is -2.32. The first-order valence-electron chi connectivity index (χ1n) is 9.43. The fourth-order valence-electron chi connectivity index (χ4n) is 3.43. The van der Waals surface area contributed by atoms with Crippen LogP contribution in [0.2, 0.25) is 0 Å². The van der Waals surface area contributed by atoms with Crippen molar-refractivity contribution in [2.75, 3.05) is 6.61 Å². The van der Waals surface area contributed by atoms with Crippen LogP contribution in [0.4, 0.5) is 4.39 Å². The molecule has 27 heavy (non-hydrogen) atoms. The van der Waals surface area contributed by atoms with E-state index in [1.54, 1.807) is 18.3 Å². The molecule has 0 unspecified atom stereocenters. The van der Waals surface area contributed by atoms with E-state index in [0.29, 0.717) is 12.3 Å². The fourth-order valence-corrected chi connectivity index (χ4v) is 3.43. The highest BCUT2D eigenvalue weighted by molar-refractivity contribution is 5.83. The Kier molecular flexibility index (Phi) is 5.07. The molecule has 142 valence electrons. The van der Waals surface area contributed by atoms with Gasteiger partial charge >= 0.3 is 0 Å². The average molecular weight is 370 g/mol. The van der Waals surface area contributed by atoms with E-state index in [1.807, 2.05) is 12.1 Å². The first kappa shape index (κ1) is 17.9. The van der Waals surface area contributed by atoms with Gasteiger partial charge < -0.3 is 15.2 Å². The number of hydrogen-bond donors (Lipinski definition) is 2. The second-order valence-corrected chi connectivity index (χ2v) is 7.35. The van der Waals surface area contributed by atoms with Crippen LogP contribution in [0.15, 0.2) is 42.6 Å². The molecule has 3 atom stereocenters. The number of hydrogen-bond acceptors (Lipinski definition) is 4. The zero-order chi connectivity index (χ0) is 18.8. The van der Waals surface area contributed by atoms with E-state index in [1.165, 1.54) is 18.6 Å². The highest BCUT2D eigenvalue weighted by Gasteiger charge is 2.44. The number of pyridine rings is 1. The van der Waals surface area contributed by atoms with E-state index in [0.717, 1.165) is 24.0 Å². The fraction of sp³-hybridized carbons (Fsp3) is 0.429. The average Bonchev–Trinajstić information content (AvgIpc) is 3.44. The minimum Gasteiger partial charge on any atom is -0.474 e. The molecule has 2 saturated carbocycles. The summed E-state index contributed by atoms with van der Waals surface area (Å²) in [5, 5.41) is 12.6. The van der Waals surface area contributed by atoms with Gasteiger partial charge in [-0.05, 0) is 60.9 Å². The van der Waals surface area contributed by atoms with Crippen molar-refractivity contribution in [1.29, 1.82) is 0 Å². The van der Waals surface area contributed by atoms with Crippen LogP contribution < -0.4 is 10.1 Å². The molecule has 2 aromatic rings. The summed E-state index contributed by atoms with van der Waals surface area (Å²) in [6.07, 6.45) is 5.90. The molecular weight excluding hydrogens is 347 g/mol. The third-order valence-electron chi connectivity index (χ3n) is 5.40. The predicted molar refractivity (Wildman–Crippen MR) is 97.7 cm³/mol. The minimum absolute atomic E-state index is 0.0384. The van der Waals surface area contributed by atoms with Crippen LogP contribution in [0, 0.1) is 11.7 Å². The summed E-state index contributed by atoms with van der Waals surface area (Å²) >= 11 is 0. The Morgan fingerprint density at radius 1 is 1.33 bits per heavy atom. The summed E-state index contributed by atoms with van der Waals surface area (Å²) in [7, 11) is 0. The highest BCUT2D eigenvalue weighted by Crippen LogP contribution is 2.47. The lowest BCUT2D eigenvalue weighted by atomic mass is 9.96. The second kappa shape index (κ2) is 7.64. The van der Waals surface area contributed by atoms with Gasteiger partial charge in [0.25, 0.3) is 0 Å². The van der Waals surface area contributed by atoms with Gasteiger partial charge in [-0.25, -0.2) is 9.37 Å². The molecule has 0 bridgehead atoms. The number of amides is 1. The van der Waals surface area contributed by atoms with E-state index in [-0.39, 0.29) is 36.3 Å². The third-order valence-corrected chi connectivity index (χ3v) is 5.40. The largest absolute Gasteiger partial charge is 0.474 e. The van der Waals surface area contributed by atoms with Crippen molar-refractivity contribution < 1.29 is 19.0 Å². The number of nitrogens with zero attached hydrogens (tertiary/aromatic N) is 1. The van der Waals surface area contributed by atoms with Crippen LogP contribution in [0.25, 0.3) is 0 Å². The van der Waals surface area contributed by atoms with E-state index >= 15 is 0 Å². The van der Waals surface area contributed by atoms with Gasteiger partial charge in [0.2, 0.25) is 11.8 Å². The number of nitrogens with one attached hydrogen (secondary N) is 1. The Hall–Kier alpha value is -2.47. The van der Waals surface area contributed by atoms with Crippen LogP contribution in [0.5, 0.6) is 5.88 Å². The number of rotatable bonds is 7.